The first-order chi connectivity index (χ1) is 14.9. The highest BCUT2D eigenvalue weighted by molar-refractivity contribution is 5.91. The van der Waals surface area contributed by atoms with Gasteiger partial charge in [0.05, 0.1) is 6.33 Å². The van der Waals surface area contributed by atoms with Gasteiger partial charge in [0.2, 0.25) is 5.91 Å². The Bertz CT molecular complexity index is 1310. The van der Waals surface area contributed by atoms with E-state index in [0.717, 1.165) is 30.3 Å². The molecular weight excluding hydrogens is 402 g/mol. The number of imidazole rings is 1. The van der Waals surface area contributed by atoms with Crippen molar-refractivity contribution in [1.82, 2.24) is 18.7 Å². The number of carbonyl (C=O) groups is 1. The molecule has 5 rings (SSSR count). The van der Waals surface area contributed by atoms with E-state index in [1.54, 1.807) is 18.2 Å². The summed E-state index contributed by atoms with van der Waals surface area (Å²) in [6, 6.07) is 5.31. The zero-order chi connectivity index (χ0) is 21.8. The third-order valence-electron chi connectivity index (χ3n) is 5.97. The zero-order valence-corrected chi connectivity index (χ0v) is 17.4. The van der Waals surface area contributed by atoms with Crippen LogP contribution < -0.4 is 26.0 Å². The van der Waals surface area contributed by atoms with E-state index in [-0.39, 0.29) is 23.6 Å². The molecule has 0 radical (unpaired) electrons. The summed E-state index contributed by atoms with van der Waals surface area (Å²) in [5.74, 6) is 0.401. The van der Waals surface area contributed by atoms with Crippen molar-refractivity contribution in [2.75, 3.05) is 5.32 Å². The van der Waals surface area contributed by atoms with Gasteiger partial charge in [-0.1, -0.05) is 6.42 Å². The fourth-order valence-corrected chi connectivity index (χ4v) is 4.34. The van der Waals surface area contributed by atoms with Crippen molar-refractivity contribution in [2.24, 2.45) is 14.1 Å². The molecule has 10 nitrogen and oxygen atoms in total. The van der Waals surface area contributed by atoms with E-state index in [1.165, 1.54) is 36.0 Å². The Labute approximate surface area is 177 Å². The first kappa shape index (κ1) is 19.4. The smallest absolute Gasteiger partial charge is 0.332 e. The second kappa shape index (κ2) is 7.00. The number of hydrogen-bond acceptors (Lipinski definition) is 6. The van der Waals surface area contributed by atoms with Gasteiger partial charge in [-0.2, -0.15) is 0 Å². The molecule has 3 heterocycles. The molecule has 2 aromatic heterocycles. The van der Waals surface area contributed by atoms with E-state index >= 15 is 0 Å². The van der Waals surface area contributed by atoms with Crippen LogP contribution in [0.2, 0.25) is 0 Å². The predicted molar refractivity (Wildman–Crippen MR) is 112 cm³/mol. The highest BCUT2D eigenvalue weighted by Crippen LogP contribution is 2.46. The minimum Gasteiger partial charge on any atom is -0.448 e. The molecule has 0 bridgehead atoms. The molecule has 3 aromatic rings. The maximum Gasteiger partial charge on any atom is 0.332 e. The van der Waals surface area contributed by atoms with Gasteiger partial charge in [-0.05, 0) is 25.0 Å². The molecule has 10 heteroatoms. The lowest BCUT2D eigenvalue weighted by molar-refractivity contribution is -0.116. The summed E-state index contributed by atoms with van der Waals surface area (Å²) in [4.78, 5) is 41.4. The third-order valence-corrected chi connectivity index (χ3v) is 5.97. The van der Waals surface area contributed by atoms with Crippen molar-refractivity contribution in [3.05, 3.63) is 45.4 Å². The number of nitrogens with zero attached hydrogens (tertiary/aromatic N) is 4. The average Bonchev–Trinajstić information content (AvgIpc) is 3.32. The molecule has 1 fully saturated rings. The van der Waals surface area contributed by atoms with E-state index in [4.69, 9.17) is 9.47 Å². The molecule has 0 saturated heterocycles. The van der Waals surface area contributed by atoms with E-state index in [2.05, 4.69) is 10.3 Å². The number of anilines is 1. The van der Waals surface area contributed by atoms with Crippen molar-refractivity contribution >= 4 is 22.8 Å². The highest BCUT2D eigenvalue weighted by Gasteiger charge is 2.42. The minimum atomic E-state index is -0.574. The normalized spacial score (nSPS) is 16.7. The molecule has 1 spiro atoms. The predicted octanol–water partition coefficient (Wildman–Crippen LogP) is 1.50. The molecule has 1 saturated carbocycles. The van der Waals surface area contributed by atoms with Crippen molar-refractivity contribution < 1.29 is 14.3 Å². The lowest BCUT2D eigenvalue weighted by Crippen LogP contribution is -2.40. The largest absolute Gasteiger partial charge is 0.448 e. The van der Waals surface area contributed by atoms with E-state index in [0.29, 0.717) is 17.2 Å². The first-order valence-corrected chi connectivity index (χ1v) is 10.3. The van der Waals surface area contributed by atoms with Gasteiger partial charge in [0, 0.05) is 38.7 Å². The van der Waals surface area contributed by atoms with Crippen LogP contribution in [0.1, 0.15) is 32.1 Å². The van der Waals surface area contributed by atoms with Crippen LogP contribution >= 0.6 is 0 Å². The van der Waals surface area contributed by atoms with Gasteiger partial charge in [-0.15, -0.1) is 0 Å². The summed E-state index contributed by atoms with van der Waals surface area (Å²) in [5, 5.41) is 2.83. The third kappa shape index (κ3) is 3.18. The summed E-state index contributed by atoms with van der Waals surface area (Å²) < 4.78 is 15.9. The quantitative estimate of drug-likeness (QED) is 0.681. The molecule has 0 unspecified atom stereocenters. The van der Waals surface area contributed by atoms with E-state index in [1.807, 2.05) is 0 Å². The van der Waals surface area contributed by atoms with Gasteiger partial charge in [-0.25, -0.2) is 9.78 Å². The van der Waals surface area contributed by atoms with E-state index in [9.17, 15) is 14.4 Å². The summed E-state index contributed by atoms with van der Waals surface area (Å²) in [5.41, 5.74) is 0.0453. The molecule has 31 heavy (non-hydrogen) atoms. The van der Waals surface area contributed by atoms with Crippen LogP contribution in [0.5, 0.6) is 11.5 Å². The Balaban J connectivity index is 1.35. The number of aryl methyl sites for hydroxylation is 1. The van der Waals surface area contributed by atoms with Gasteiger partial charge in [0.15, 0.2) is 22.7 Å². The van der Waals surface area contributed by atoms with Crippen LogP contribution in [0.15, 0.2) is 34.1 Å². The molecule has 1 amide bonds. The van der Waals surface area contributed by atoms with Gasteiger partial charge < -0.3 is 19.4 Å². The van der Waals surface area contributed by atoms with Gasteiger partial charge in [0.1, 0.15) is 6.54 Å². The number of nitrogens with one attached hydrogen (secondary N) is 1. The SMILES string of the molecule is Cn1c(=O)c2c(ncn2CC(=O)Nc2ccc3c(c2)OC2(CCCCC2)O3)n(C)c1=O. The summed E-state index contributed by atoms with van der Waals surface area (Å²) in [6.45, 7) is -0.123. The lowest BCUT2D eigenvalue weighted by Gasteiger charge is -2.31. The first-order valence-electron chi connectivity index (χ1n) is 10.3. The average molecular weight is 425 g/mol. The summed E-state index contributed by atoms with van der Waals surface area (Å²) >= 11 is 0. The Hall–Kier alpha value is -3.56. The maximum atomic E-state index is 12.7. The van der Waals surface area contributed by atoms with Gasteiger partial charge in [-0.3, -0.25) is 18.7 Å². The minimum absolute atomic E-state index is 0.123. The molecular formula is C21H23N5O5. The molecule has 162 valence electrons. The van der Waals surface area contributed by atoms with Gasteiger partial charge >= 0.3 is 5.69 Å². The lowest BCUT2D eigenvalue weighted by atomic mass is 9.94. The molecule has 2 aliphatic rings. The summed E-state index contributed by atoms with van der Waals surface area (Å²) in [6.07, 6.45) is 6.43. The van der Waals surface area contributed by atoms with Crippen LogP contribution in [-0.4, -0.2) is 30.4 Å². The molecule has 0 atom stereocenters. The second-order valence-electron chi connectivity index (χ2n) is 8.14. The second-order valence-corrected chi connectivity index (χ2v) is 8.14. The fraction of sp³-hybridized carbons (Fsp3) is 0.429. The fourth-order valence-electron chi connectivity index (χ4n) is 4.34. The number of carbonyl (C=O) groups excluding carboxylic acids is 1. The van der Waals surface area contributed by atoms with E-state index < -0.39 is 17.0 Å². The monoisotopic (exact) mass is 425 g/mol. The zero-order valence-electron chi connectivity index (χ0n) is 17.4. The van der Waals surface area contributed by atoms with Crippen LogP contribution in [-0.2, 0) is 25.4 Å². The Kier molecular flexibility index (Phi) is 4.38. The molecule has 1 N–H and O–H groups in total. The highest BCUT2D eigenvalue weighted by atomic mass is 16.7. The van der Waals surface area contributed by atoms with Crippen molar-refractivity contribution in [1.29, 1.82) is 0 Å². The Morgan fingerprint density at radius 2 is 1.84 bits per heavy atom. The maximum absolute atomic E-state index is 12.7. The number of rotatable bonds is 3. The van der Waals surface area contributed by atoms with Crippen molar-refractivity contribution in [2.45, 2.75) is 44.4 Å². The molecule has 1 aliphatic carbocycles. The number of benzene rings is 1. The van der Waals surface area contributed by atoms with Crippen LogP contribution in [0.3, 0.4) is 0 Å². The molecule has 1 aliphatic heterocycles. The number of aromatic nitrogens is 4. The van der Waals surface area contributed by atoms with Gasteiger partial charge in [0.25, 0.3) is 11.3 Å². The Morgan fingerprint density at radius 1 is 1.10 bits per heavy atom. The number of amides is 1. The summed E-state index contributed by atoms with van der Waals surface area (Å²) in [7, 11) is 2.93. The van der Waals surface area contributed by atoms with Crippen LogP contribution in [0, 0.1) is 0 Å². The Morgan fingerprint density at radius 3 is 2.61 bits per heavy atom. The van der Waals surface area contributed by atoms with Crippen LogP contribution in [0.25, 0.3) is 11.2 Å². The van der Waals surface area contributed by atoms with Crippen molar-refractivity contribution in [3.63, 3.8) is 0 Å². The topological polar surface area (TPSA) is 109 Å². The van der Waals surface area contributed by atoms with Crippen LogP contribution in [0.4, 0.5) is 5.69 Å². The number of ether oxygens (including phenoxy) is 2. The molecule has 1 aromatic carbocycles. The number of hydrogen-bond donors (Lipinski definition) is 1. The van der Waals surface area contributed by atoms with Crippen molar-refractivity contribution in [3.8, 4) is 11.5 Å². The number of fused-ring (bicyclic) bond motifs is 2. The standard InChI is InChI=1S/C21H23N5O5/c1-24-18-17(19(28)25(2)20(24)29)26(12-22-18)11-16(27)23-13-6-7-14-15(10-13)31-21(30-14)8-4-3-5-9-21/h6-7,10,12H,3-5,8-9,11H2,1-2H3,(H,23,27).